The van der Waals surface area contributed by atoms with Gasteiger partial charge in [-0.3, -0.25) is 4.79 Å². The third-order valence-corrected chi connectivity index (χ3v) is 4.78. The molecule has 0 amide bonds. The average Bonchev–Trinajstić information content (AvgIpc) is 2.16. The first-order chi connectivity index (χ1) is 8.06. The minimum absolute atomic E-state index is 0.378. The highest BCUT2D eigenvalue weighted by Crippen LogP contribution is 2.65. The molecule has 0 aliphatic heterocycles. The van der Waals surface area contributed by atoms with E-state index in [4.69, 9.17) is 0 Å². The van der Waals surface area contributed by atoms with Crippen LogP contribution < -0.4 is 0 Å². The quantitative estimate of drug-likeness (QED) is 0.846. The van der Waals surface area contributed by atoms with Gasteiger partial charge in [0.15, 0.2) is 0 Å². The molecule has 1 aromatic carbocycles. The van der Waals surface area contributed by atoms with Crippen LogP contribution in [0, 0.1) is 12.3 Å². The minimum Gasteiger partial charge on any atom is -0.481 e. The molecular formula is C15H18O2. The van der Waals surface area contributed by atoms with Crippen molar-refractivity contribution >= 4 is 5.97 Å². The van der Waals surface area contributed by atoms with E-state index in [0.29, 0.717) is 5.41 Å². The largest absolute Gasteiger partial charge is 0.481 e. The van der Waals surface area contributed by atoms with Crippen LogP contribution in [0.2, 0.25) is 0 Å². The fraction of sp³-hybridized carbons (Fsp3) is 0.533. The van der Waals surface area contributed by atoms with E-state index in [9.17, 15) is 9.90 Å². The Morgan fingerprint density at radius 3 is 2.18 bits per heavy atom. The van der Waals surface area contributed by atoms with E-state index in [1.807, 2.05) is 31.2 Å². The number of rotatable bonds is 2. The Labute approximate surface area is 102 Å². The fourth-order valence-electron chi connectivity index (χ4n) is 3.61. The standard InChI is InChI=1S/C15H18O2/c1-11-3-5-12(6-4-11)15(13(16)17)9-14(10-15)7-2-8-14/h3-6H,2,7-10H2,1H3,(H,16,17). The van der Waals surface area contributed by atoms with Gasteiger partial charge in [-0.15, -0.1) is 0 Å². The second-order valence-electron chi connectivity index (χ2n) is 5.96. The molecule has 0 heterocycles. The molecule has 90 valence electrons. The predicted molar refractivity (Wildman–Crippen MR) is 66.0 cm³/mol. The van der Waals surface area contributed by atoms with Crippen molar-refractivity contribution in [2.24, 2.45) is 5.41 Å². The number of carboxylic acids is 1. The molecule has 1 N–H and O–H groups in total. The molecule has 0 unspecified atom stereocenters. The molecule has 17 heavy (non-hydrogen) atoms. The van der Waals surface area contributed by atoms with Crippen molar-refractivity contribution in [1.29, 1.82) is 0 Å². The van der Waals surface area contributed by atoms with E-state index in [1.54, 1.807) is 0 Å². The zero-order valence-corrected chi connectivity index (χ0v) is 10.2. The molecule has 0 saturated heterocycles. The van der Waals surface area contributed by atoms with Crippen molar-refractivity contribution in [2.45, 2.75) is 44.4 Å². The molecule has 2 heteroatoms. The molecule has 0 radical (unpaired) electrons. The number of aliphatic carboxylic acids is 1. The van der Waals surface area contributed by atoms with Crippen LogP contribution in [-0.4, -0.2) is 11.1 Å². The predicted octanol–water partition coefficient (Wildman–Crippen LogP) is 3.28. The highest BCUT2D eigenvalue weighted by Gasteiger charge is 2.61. The SMILES string of the molecule is Cc1ccc(C2(C(=O)O)CC3(CCC3)C2)cc1. The summed E-state index contributed by atoms with van der Waals surface area (Å²) in [6, 6.07) is 8.03. The first-order valence-electron chi connectivity index (χ1n) is 6.37. The topological polar surface area (TPSA) is 37.3 Å². The van der Waals surface area contributed by atoms with E-state index in [2.05, 4.69) is 0 Å². The van der Waals surface area contributed by atoms with E-state index in [1.165, 1.54) is 24.8 Å². The lowest BCUT2D eigenvalue weighted by molar-refractivity contribution is -0.160. The van der Waals surface area contributed by atoms with Gasteiger partial charge in [0.1, 0.15) is 0 Å². The Hall–Kier alpha value is -1.31. The van der Waals surface area contributed by atoms with E-state index in [-0.39, 0.29) is 0 Å². The van der Waals surface area contributed by atoms with Crippen molar-refractivity contribution in [3.63, 3.8) is 0 Å². The van der Waals surface area contributed by atoms with Crippen LogP contribution in [0.4, 0.5) is 0 Å². The van der Waals surface area contributed by atoms with Gasteiger partial charge >= 0.3 is 5.97 Å². The van der Waals surface area contributed by atoms with E-state index >= 15 is 0 Å². The van der Waals surface area contributed by atoms with Crippen molar-refractivity contribution < 1.29 is 9.90 Å². The molecule has 2 nitrogen and oxygen atoms in total. The van der Waals surface area contributed by atoms with Crippen LogP contribution >= 0.6 is 0 Å². The van der Waals surface area contributed by atoms with Crippen molar-refractivity contribution in [3.05, 3.63) is 35.4 Å². The molecule has 2 fully saturated rings. The molecule has 2 aliphatic carbocycles. The molecule has 3 rings (SSSR count). The normalized spacial score (nSPS) is 23.8. The van der Waals surface area contributed by atoms with Gasteiger partial charge in [-0.25, -0.2) is 0 Å². The lowest BCUT2D eigenvalue weighted by Gasteiger charge is -2.59. The summed E-state index contributed by atoms with van der Waals surface area (Å²) in [5, 5.41) is 9.56. The second-order valence-corrected chi connectivity index (χ2v) is 5.96. The average molecular weight is 230 g/mol. The van der Waals surface area contributed by atoms with Crippen LogP contribution in [0.1, 0.15) is 43.2 Å². The van der Waals surface area contributed by atoms with Gasteiger partial charge in [-0.05, 0) is 43.6 Å². The maximum Gasteiger partial charge on any atom is 0.314 e. The van der Waals surface area contributed by atoms with Gasteiger partial charge in [-0.1, -0.05) is 36.2 Å². The van der Waals surface area contributed by atoms with Crippen molar-refractivity contribution in [3.8, 4) is 0 Å². The summed E-state index contributed by atoms with van der Waals surface area (Å²) in [7, 11) is 0. The molecule has 0 aromatic heterocycles. The summed E-state index contributed by atoms with van der Waals surface area (Å²) in [4.78, 5) is 11.6. The molecule has 2 aliphatic rings. The van der Waals surface area contributed by atoms with Gasteiger partial charge in [0.25, 0.3) is 0 Å². The first kappa shape index (κ1) is 10.8. The van der Waals surface area contributed by atoms with Crippen LogP contribution in [0.15, 0.2) is 24.3 Å². The van der Waals surface area contributed by atoms with Crippen molar-refractivity contribution in [1.82, 2.24) is 0 Å². The molecule has 0 atom stereocenters. The lowest BCUT2D eigenvalue weighted by atomic mass is 9.44. The third-order valence-electron chi connectivity index (χ3n) is 4.78. The summed E-state index contributed by atoms with van der Waals surface area (Å²) in [5.74, 6) is -0.640. The fourth-order valence-corrected chi connectivity index (χ4v) is 3.61. The van der Waals surface area contributed by atoms with Crippen LogP contribution in [0.3, 0.4) is 0 Å². The zero-order chi connectivity index (χ0) is 12.1. The van der Waals surface area contributed by atoms with Crippen LogP contribution in [0.25, 0.3) is 0 Å². The highest BCUT2D eigenvalue weighted by molar-refractivity contribution is 5.83. The Balaban J connectivity index is 1.91. The molecule has 1 aromatic rings. The highest BCUT2D eigenvalue weighted by atomic mass is 16.4. The van der Waals surface area contributed by atoms with Crippen LogP contribution in [0.5, 0.6) is 0 Å². The molecule has 2 saturated carbocycles. The Morgan fingerprint density at radius 2 is 1.76 bits per heavy atom. The van der Waals surface area contributed by atoms with Crippen molar-refractivity contribution in [2.75, 3.05) is 0 Å². The molecule has 0 bridgehead atoms. The number of carboxylic acid groups (broad SMARTS) is 1. The van der Waals surface area contributed by atoms with Gasteiger partial charge in [-0.2, -0.15) is 0 Å². The maximum absolute atomic E-state index is 11.6. The summed E-state index contributed by atoms with van der Waals surface area (Å²) in [5.41, 5.74) is 1.97. The lowest BCUT2D eigenvalue weighted by Crippen LogP contribution is -2.57. The van der Waals surface area contributed by atoms with E-state index in [0.717, 1.165) is 18.4 Å². The number of benzene rings is 1. The van der Waals surface area contributed by atoms with E-state index < -0.39 is 11.4 Å². The minimum atomic E-state index is -0.640. The smallest absolute Gasteiger partial charge is 0.314 e. The number of hydrogen-bond acceptors (Lipinski definition) is 1. The summed E-state index contributed by atoms with van der Waals surface area (Å²) in [6.45, 7) is 2.03. The maximum atomic E-state index is 11.6. The molecular weight excluding hydrogens is 212 g/mol. The summed E-state index contributed by atoms with van der Waals surface area (Å²) < 4.78 is 0. The summed E-state index contributed by atoms with van der Waals surface area (Å²) >= 11 is 0. The first-order valence-corrected chi connectivity index (χ1v) is 6.37. The Morgan fingerprint density at radius 1 is 1.18 bits per heavy atom. The summed E-state index contributed by atoms with van der Waals surface area (Å²) in [6.07, 6.45) is 5.43. The Kier molecular flexibility index (Phi) is 2.13. The Bertz CT molecular complexity index is 446. The molecule has 1 spiro atoms. The van der Waals surface area contributed by atoms with Crippen LogP contribution in [-0.2, 0) is 10.2 Å². The van der Waals surface area contributed by atoms with Gasteiger partial charge in [0.2, 0.25) is 0 Å². The second kappa shape index (κ2) is 3.34. The van der Waals surface area contributed by atoms with Gasteiger partial charge in [0, 0.05) is 0 Å². The monoisotopic (exact) mass is 230 g/mol. The number of carbonyl (C=O) groups is 1. The van der Waals surface area contributed by atoms with Gasteiger partial charge < -0.3 is 5.11 Å². The number of aryl methyl sites for hydroxylation is 1. The van der Waals surface area contributed by atoms with Gasteiger partial charge in [0.05, 0.1) is 5.41 Å². The zero-order valence-electron chi connectivity index (χ0n) is 10.2. The third kappa shape index (κ3) is 1.43. The number of hydrogen-bond donors (Lipinski definition) is 1.